The molecule has 0 atom stereocenters. The highest BCUT2D eigenvalue weighted by atomic mass is 15.3. The summed E-state index contributed by atoms with van der Waals surface area (Å²) in [6, 6.07) is 6.07. The molecule has 0 unspecified atom stereocenters. The van der Waals surface area contributed by atoms with Gasteiger partial charge in [0.2, 0.25) is 0 Å². The van der Waals surface area contributed by atoms with Gasteiger partial charge >= 0.3 is 0 Å². The normalized spacial score (nSPS) is 10.7. The Morgan fingerprint density at radius 3 is 2.62 bits per heavy atom. The summed E-state index contributed by atoms with van der Waals surface area (Å²) in [5.74, 6) is 0. The number of hydrogen-bond donors (Lipinski definition) is 1. The lowest BCUT2D eigenvalue weighted by molar-refractivity contribution is 0.646. The molecule has 0 saturated heterocycles. The number of nitrogens with two attached hydrogens (primary N) is 1. The second kappa shape index (κ2) is 4.45. The van der Waals surface area contributed by atoms with Gasteiger partial charge in [-0.1, -0.05) is 6.07 Å². The van der Waals surface area contributed by atoms with Crippen molar-refractivity contribution in [2.24, 2.45) is 5.73 Å². The van der Waals surface area contributed by atoms with Crippen LogP contribution in [0.5, 0.6) is 0 Å². The zero-order valence-electron chi connectivity index (χ0n) is 9.64. The van der Waals surface area contributed by atoms with E-state index >= 15 is 0 Å². The van der Waals surface area contributed by atoms with Gasteiger partial charge in [-0.05, 0) is 31.5 Å². The highest BCUT2D eigenvalue weighted by Crippen LogP contribution is 2.06. The minimum Gasteiger partial charge on any atom is -0.326 e. The van der Waals surface area contributed by atoms with E-state index in [1.54, 1.807) is 0 Å². The van der Waals surface area contributed by atoms with E-state index in [0.29, 0.717) is 13.1 Å². The fourth-order valence-electron chi connectivity index (χ4n) is 1.66. The molecule has 2 N–H and O–H groups in total. The van der Waals surface area contributed by atoms with Gasteiger partial charge in [0, 0.05) is 18.4 Å². The molecule has 84 valence electrons. The van der Waals surface area contributed by atoms with Crippen molar-refractivity contribution >= 4 is 0 Å². The van der Waals surface area contributed by atoms with E-state index in [9.17, 15) is 0 Å². The molecule has 0 aliphatic rings. The molecule has 2 rings (SSSR count). The van der Waals surface area contributed by atoms with Gasteiger partial charge in [0.25, 0.3) is 0 Å². The molecule has 4 heteroatoms. The van der Waals surface area contributed by atoms with Crippen molar-refractivity contribution < 1.29 is 0 Å². The third-order valence-corrected chi connectivity index (χ3v) is 2.54. The Labute approximate surface area is 95.1 Å². The predicted octanol–water partition coefficient (Wildman–Crippen LogP) is 1.40. The van der Waals surface area contributed by atoms with Crippen LogP contribution in [0.3, 0.4) is 0 Å². The van der Waals surface area contributed by atoms with Crippen LogP contribution in [0.2, 0.25) is 0 Å². The number of nitrogens with zero attached hydrogens (tertiary/aromatic N) is 3. The maximum absolute atomic E-state index is 5.52. The van der Waals surface area contributed by atoms with E-state index in [1.165, 1.54) is 0 Å². The summed E-state index contributed by atoms with van der Waals surface area (Å²) < 4.78 is 1.96. The second-order valence-corrected chi connectivity index (χ2v) is 3.95. The van der Waals surface area contributed by atoms with Crippen LogP contribution in [0, 0.1) is 13.8 Å². The first-order valence-corrected chi connectivity index (χ1v) is 5.34. The van der Waals surface area contributed by atoms with E-state index in [2.05, 4.69) is 16.1 Å². The van der Waals surface area contributed by atoms with Gasteiger partial charge in [-0.25, -0.2) is 0 Å². The first-order chi connectivity index (χ1) is 7.69. The van der Waals surface area contributed by atoms with E-state index in [-0.39, 0.29) is 0 Å². The first kappa shape index (κ1) is 10.8. The van der Waals surface area contributed by atoms with Crippen molar-refractivity contribution in [1.82, 2.24) is 14.8 Å². The average Bonchev–Trinajstić information content (AvgIpc) is 2.59. The third kappa shape index (κ3) is 2.28. The number of hydrogen-bond acceptors (Lipinski definition) is 3. The lowest BCUT2D eigenvalue weighted by Crippen LogP contribution is -2.06. The number of pyridine rings is 1. The lowest BCUT2D eigenvalue weighted by Gasteiger charge is -2.04. The fourth-order valence-corrected chi connectivity index (χ4v) is 1.66. The molecule has 0 bridgehead atoms. The SMILES string of the molecule is Cc1cc(C)n(Cc2ccc(CN)cn2)n1. The minimum atomic E-state index is 0.535. The molecule has 0 radical (unpaired) electrons. The molecule has 0 aliphatic heterocycles. The van der Waals surface area contributed by atoms with Crippen molar-refractivity contribution in [2.75, 3.05) is 0 Å². The molecule has 4 nitrogen and oxygen atoms in total. The standard InChI is InChI=1S/C12H16N4/c1-9-5-10(2)16(15-9)8-12-4-3-11(6-13)7-14-12/h3-5,7H,6,8,13H2,1-2H3. The molecule has 2 aromatic heterocycles. The topological polar surface area (TPSA) is 56.7 Å². The summed E-state index contributed by atoms with van der Waals surface area (Å²) in [4.78, 5) is 4.35. The molecular formula is C12H16N4. The van der Waals surface area contributed by atoms with Gasteiger partial charge in [0.15, 0.2) is 0 Å². The highest BCUT2D eigenvalue weighted by molar-refractivity contribution is 5.15. The summed E-state index contributed by atoms with van der Waals surface area (Å²) in [7, 11) is 0. The van der Waals surface area contributed by atoms with Crippen molar-refractivity contribution in [2.45, 2.75) is 26.9 Å². The minimum absolute atomic E-state index is 0.535. The maximum Gasteiger partial charge on any atom is 0.0834 e. The van der Waals surface area contributed by atoms with E-state index in [0.717, 1.165) is 22.6 Å². The van der Waals surface area contributed by atoms with Gasteiger partial charge in [-0.2, -0.15) is 5.10 Å². The first-order valence-electron chi connectivity index (χ1n) is 5.34. The van der Waals surface area contributed by atoms with Gasteiger partial charge in [-0.3, -0.25) is 9.67 Å². The van der Waals surface area contributed by atoms with Crippen molar-refractivity contribution in [3.63, 3.8) is 0 Å². The Balaban J connectivity index is 2.17. The highest BCUT2D eigenvalue weighted by Gasteiger charge is 2.02. The molecule has 16 heavy (non-hydrogen) atoms. The monoisotopic (exact) mass is 216 g/mol. The molecular weight excluding hydrogens is 200 g/mol. The van der Waals surface area contributed by atoms with E-state index in [4.69, 9.17) is 5.73 Å². The molecule has 0 aromatic carbocycles. The summed E-state index contributed by atoms with van der Waals surface area (Å²) >= 11 is 0. The molecule has 2 heterocycles. The lowest BCUT2D eigenvalue weighted by atomic mass is 10.2. The maximum atomic E-state index is 5.52. The Morgan fingerprint density at radius 1 is 1.31 bits per heavy atom. The van der Waals surface area contributed by atoms with Gasteiger partial charge in [0.1, 0.15) is 0 Å². The second-order valence-electron chi connectivity index (χ2n) is 3.95. The molecule has 0 saturated carbocycles. The largest absolute Gasteiger partial charge is 0.326 e. The summed E-state index contributed by atoms with van der Waals surface area (Å²) in [5, 5.41) is 4.40. The van der Waals surface area contributed by atoms with E-state index < -0.39 is 0 Å². The quantitative estimate of drug-likeness (QED) is 0.843. The Morgan fingerprint density at radius 2 is 2.12 bits per heavy atom. The molecule has 0 amide bonds. The van der Waals surface area contributed by atoms with Crippen LogP contribution in [-0.4, -0.2) is 14.8 Å². The summed E-state index contributed by atoms with van der Waals surface area (Å²) in [6.07, 6.45) is 1.82. The Hall–Kier alpha value is -1.68. The van der Waals surface area contributed by atoms with Crippen LogP contribution >= 0.6 is 0 Å². The van der Waals surface area contributed by atoms with Crippen LogP contribution in [0.15, 0.2) is 24.4 Å². The average molecular weight is 216 g/mol. The predicted molar refractivity (Wildman–Crippen MR) is 62.9 cm³/mol. The van der Waals surface area contributed by atoms with Crippen LogP contribution in [0.4, 0.5) is 0 Å². The number of aryl methyl sites for hydroxylation is 2. The number of aromatic nitrogens is 3. The number of rotatable bonds is 3. The Bertz CT molecular complexity index is 470. The zero-order valence-corrected chi connectivity index (χ0v) is 9.64. The van der Waals surface area contributed by atoms with Crippen LogP contribution < -0.4 is 5.73 Å². The smallest absolute Gasteiger partial charge is 0.0834 e. The van der Waals surface area contributed by atoms with E-state index in [1.807, 2.05) is 36.9 Å². The van der Waals surface area contributed by atoms with Crippen molar-refractivity contribution in [3.8, 4) is 0 Å². The molecule has 2 aromatic rings. The van der Waals surface area contributed by atoms with Gasteiger partial charge in [-0.15, -0.1) is 0 Å². The van der Waals surface area contributed by atoms with Crippen molar-refractivity contribution in [3.05, 3.63) is 47.0 Å². The molecule has 0 spiro atoms. The van der Waals surface area contributed by atoms with Gasteiger partial charge < -0.3 is 5.73 Å². The summed E-state index contributed by atoms with van der Waals surface area (Å²) in [6.45, 7) is 5.29. The molecule has 0 fully saturated rings. The van der Waals surface area contributed by atoms with Crippen LogP contribution in [-0.2, 0) is 13.1 Å². The van der Waals surface area contributed by atoms with Crippen molar-refractivity contribution in [1.29, 1.82) is 0 Å². The summed E-state index contributed by atoms with van der Waals surface area (Å²) in [5.41, 5.74) is 9.77. The Kier molecular flexibility index (Phi) is 3.01. The van der Waals surface area contributed by atoms with Crippen LogP contribution in [0.25, 0.3) is 0 Å². The molecule has 0 aliphatic carbocycles. The fraction of sp³-hybridized carbons (Fsp3) is 0.333. The van der Waals surface area contributed by atoms with Crippen LogP contribution in [0.1, 0.15) is 22.6 Å². The van der Waals surface area contributed by atoms with Gasteiger partial charge in [0.05, 0.1) is 17.9 Å². The zero-order chi connectivity index (χ0) is 11.5. The third-order valence-electron chi connectivity index (χ3n) is 2.54.